The van der Waals surface area contributed by atoms with Crippen molar-refractivity contribution in [2.45, 2.75) is 31.0 Å². The number of hydrogen-bond acceptors (Lipinski definition) is 6. The van der Waals surface area contributed by atoms with Gasteiger partial charge in [-0.25, -0.2) is 8.42 Å². The Balaban J connectivity index is 1.67. The van der Waals surface area contributed by atoms with Crippen molar-refractivity contribution in [3.05, 3.63) is 77.2 Å². The number of benzene rings is 2. The van der Waals surface area contributed by atoms with Gasteiger partial charge in [-0.3, -0.25) is 25.2 Å². The fourth-order valence-corrected chi connectivity index (χ4v) is 5.36. The Labute approximate surface area is 197 Å². The Morgan fingerprint density at radius 1 is 0.939 bits per heavy atom. The van der Waals surface area contributed by atoms with E-state index in [1.807, 2.05) is 12.1 Å². The van der Waals surface area contributed by atoms with E-state index in [0.29, 0.717) is 11.6 Å². The second kappa shape index (κ2) is 10.5. The molecule has 1 heterocycles. The van der Waals surface area contributed by atoms with Crippen molar-refractivity contribution in [1.29, 1.82) is 0 Å². The molecule has 33 heavy (non-hydrogen) atoms. The number of hydrogen-bond donors (Lipinski definition) is 3. The van der Waals surface area contributed by atoms with Crippen LogP contribution in [0, 0.1) is 0 Å². The van der Waals surface area contributed by atoms with Crippen molar-refractivity contribution in [3.8, 4) is 0 Å². The molecule has 10 heteroatoms. The van der Waals surface area contributed by atoms with Crippen molar-refractivity contribution in [3.63, 3.8) is 0 Å². The largest absolute Gasteiger partial charge is 0.369 e. The molecular formula is C23H26N4O4S2. The monoisotopic (exact) mass is 486 g/mol. The fourth-order valence-electron chi connectivity index (χ4n) is 3.28. The first-order valence-corrected chi connectivity index (χ1v) is 12.7. The molecule has 0 unspecified atom stereocenters. The Bertz CT molecular complexity index is 1210. The van der Waals surface area contributed by atoms with Crippen LogP contribution in [0.15, 0.2) is 70.3 Å². The van der Waals surface area contributed by atoms with Gasteiger partial charge in [-0.15, -0.1) is 11.3 Å². The zero-order valence-electron chi connectivity index (χ0n) is 18.5. The average molecular weight is 487 g/mol. The van der Waals surface area contributed by atoms with Crippen LogP contribution in [-0.2, 0) is 10.0 Å². The summed E-state index contributed by atoms with van der Waals surface area (Å²) in [6.45, 7) is 7.10. The standard InChI is InChI=1S/C23H26N4O4S2/c1-4-27(16(2)3)18-13-11-17(12-14-18)22(28)24-25-23(29)19-8-5-6-9-20(19)26-33(30,31)21-10-7-15-32-21/h5-16,26H,4H2,1-3H3,(H,24,28)(H,25,29). The van der Waals surface area contributed by atoms with E-state index in [1.54, 1.807) is 35.7 Å². The first kappa shape index (κ1) is 24.3. The molecule has 8 nitrogen and oxygen atoms in total. The lowest BCUT2D eigenvalue weighted by Crippen LogP contribution is -2.42. The third-order valence-corrected chi connectivity index (χ3v) is 7.65. The number of thiophene rings is 1. The highest BCUT2D eigenvalue weighted by atomic mass is 32.2. The highest BCUT2D eigenvalue weighted by Crippen LogP contribution is 2.23. The van der Waals surface area contributed by atoms with Crippen molar-refractivity contribution >= 4 is 44.5 Å². The van der Waals surface area contributed by atoms with Crippen LogP contribution in [0.5, 0.6) is 0 Å². The van der Waals surface area contributed by atoms with Crippen LogP contribution >= 0.6 is 11.3 Å². The zero-order chi connectivity index (χ0) is 24.0. The predicted molar refractivity (Wildman–Crippen MR) is 131 cm³/mol. The molecule has 174 valence electrons. The van der Waals surface area contributed by atoms with Gasteiger partial charge in [0.15, 0.2) is 0 Å². The molecule has 3 aromatic rings. The van der Waals surface area contributed by atoms with E-state index < -0.39 is 21.8 Å². The Morgan fingerprint density at radius 2 is 1.61 bits per heavy atom. The van der Waals surface area contributed by atoms with Crippen LogP contribution in [0.25, 0.3) is 0 Å². The molecule has 2 aromatic carbocycles. The molecular weight excluding hydrogens is 460 g/mol. The molecule has 3 rings (SSSR count). The number of anilines is 2. The molecule has 0 aliphatic rings. The van der Waals surface area contributed by atoms with Crippen LogP contribution < -0.4 is 20.5 Å². The summed E-state index contributed by atoms with van der Waals surface area (Å²) < 4.78 is 27.6. The summed E-state index contributed by atoms with van der Waals surface area (Å²) in [5.41, 5.74) is 6.28. The molecule has 0 atom stereocenters. The average Bonchev–Trinajstić information content (AvgIpc) is 3.34. The number of hydrazine groups is 1. The first-order chi connectivity index (χ1) is 15.7. The van der Waals surface area contributed by atoms with E-state index in [9.17, 15) is 18.0 Å². The molecule has 0 saturated carbocycles. The van der Waals surface area contributed by atoms with Crippen LogP contribution in [0.1, 0.15) is 41.5 Å². The maximum absolute atomic E-state index is 12.7. The smallest absolute Gasteiger partial charge is 0.271 e. The normalized spacial score (nSPS) is 11.2. The van der Waals surface area contributed by atoms with Crippen LogP contribution in [0.3, 0.4) is 0 Å². The molecule has 2 amide bonds. The molecule has 3 N–H and O–H groups in total. The van der Waals surface area contributed by atoms with Crippen LogP contribution in [-0.4, -0.2) is 32.8 Å². The molecule has 0 aliphatic heterocycles. The van der Waals surface area contributed by atoms with E-state index >= 15 is 0 Å². The summed E-state index contributed by atoms with van der Waals surface area (Å²) in [6, 6.07) is 16.7. The summed E-state index contributed by atoms with van der Waals surface area (Å²) >= 11 is 1.07. The topological polar surface area (TPSA) is 108 Å². The number of carbonyl (C=O) groups is 2. The van der Waals surface area contributed by atoms with Crippen LogP contribution in [0.4, 0.5) is 11.4 Å². The lowest BCUT2D eigenvalue weighted by Gasteiger charge is -2.27. The number of nitrogens with zero attached hydrogens (tertiary/aromatic N) is 1. The van der Waals surface area contributed by atoms with Gasteiger partial charge in [0.05, 0.1) is 11.3 Å². The summed E-state index contributed by atoms with van der Waals surface area (Å²) in [4.78, 5) is 27.3. The van der Waals surface area contributed by atoms with Crippen LogP contribution in [0.2, 0.25) is 0 Å². The summed E-state index contributed by atoms with van der Waals surface area (Å²) in [5, 5.41) is 1.65. The van der Waals surface area contributed by atoms with E-state index in [-0.39, 0.29) is 15.5 Å². The Morgan fingerprint density at radius 3 is 2.21 bits per heavy atom. The van der Waals surface area contributed by atoms with E-state index in [4.69, 9.17) is 0 Å². The molecule has 0 radical (unpaired) electrons. The lowest BCUT2D eigenvalue weighted by molar-refractivity contribution is 0.0847. The lowest BCUT2D eigenvalue weighted by atomic mass is 10.1. The maximum Gasteiger partial charge on any atom is 0.271 e. The maximum atomic E-state index is 12.7. The van der Waals surface area contributed by atoms with Crippen molar-refractivity contribution in [2.24, 2.45) is 0 Å². The number of nitrogens with one attached hydrogen (secondary N) is 3. The summed E-state index contributed by atoms with van der Waals surface area (Å²) in [5.74, 6) is -1.14. The third kappa shape index (κ3) is 5.91. The van der Waals surface area contributed by atoms with Gasteiger partial charge in [0.2, 0.25) is 0 Å². The minimum absolute atomic E-state index is 0.0730. The Kier molecular flexibility index (Phi) is 7.72. The van der Waals surface area contributed by atoms with E-state index in [1.165, 1.54) is 18.2 Å². The third-order valence-electron chi connectivity index (χ3n) is 4.89. The zero-order valence-corrected chi connectivity index (χ0v) is 20.2. The van der Waals surface area contributed by atoms with Gasteiger partial charge in [0.1, 0.15) is 4.21 Å². The second-order valence-electron chi connectivity index (χ2n) is 7.42. The highest BCUT2D eigenvalue weighted by molar-refractivity contribution is 7.94. The minimum atomic E-state index is -3.82. The molecule has 0 spiro atoms. The molecule has 0 fully saturated rings. The van der Waals surface area contributed by atoms with Crippen molar-refractivity contribution in [2.75, 3.05) is 16.2 Å². The molecule has 0 saturated heterocycles. The molecule has 1 aromatic heterocycles. The Hall–Kier alpha value is -3.37. The summed E-state index contributed by atoms with van der Waals surface area (Å²) in [6.07, 6.45) is 0. The minimum Gasteiger partial charge on any atom is -0.369 e. The first-order valence-electron chi connectivity index (χ1n) is 10.4. The van der Waals surface area contributed by atoms with Gasteiger partial charge in [0.25, 0.3) is 21.8 Å². The van der Waals surface area contributed by atoms with Gasteiger partial charge >= 0.3 is 0 Å². The number of sulfonamides is 1. The number of rotatable bonds is 8. The molecule has 0 aliphatic carbocycles. The number of carbonyl (C=O) groups excluding carboxylic acids is 2. The summed E-state index contributed by atoms with van der Waals surface area (Å²) in [7, 11) is -3.82. The van der Waals surface area contributed by atoms with Gasteiger partial charge < -0.3 is 4.90 Å². The predicted octanol–water partition coefficient (Wildman–Crippen LogP) is 3.86. The van der Waals surface area contributed by atoms with E-state index in [2.05, 4.69) is 41.2 Å². The van der Waals surface area contributed by atoms with Gasteiger partial charge in [-0.05, 0) is 68.6 Å². The fraction of sp³-hybridized carbons (Fsp3) is 0.217. The number of amides is 2. The van der Waals surface area contributed by atoms with Gasteiger partial charge in [0, 0.05) is 23.8 Å². The molecule has 0 bridgehead atoms. The van der Waals surface area contributed by atoms with Gasteiger partial charge in [-0.2, -0.15) is 0 Å². The second-order valence-corrected chi connectivity index (χ2v) is 10.3. The van der Waals surface area contributed by atoms with Crippen molar-refractivity contribution in [1.82, 2.24) is 10.9 Å². The highest BCUT2D eigenvalue weighted by Gasteiger charge is 2.20. The van der Waals surface area contributed by atoms with E-state index in [0.717, 1.165) is 23.6 Å². The quantitative estimate of drug-likeness (QED) is 0.419. The van der Waals surface area contributed by atoms with Crippen molar-refractivity contribution < 1.29 is 18.0 Å². The SMILES string of the molecule is CCN(c1ccc(C(=O)NNC(=O)c2ccccc2NS(=O)(=O)c2cccs2)cc1)C(C)C. The number of para-hydroxylation sites is 1. The van der Waals surface area contributed by atoms with Gasteiger partial charge in [-0.1, -0.05) is 18.2 Å².